The Balaban J connectivity index is 1.78. The Bertz CT molecular complexity index is 302. The lowest BCUT2D eigenvalue weighted by Crippen LogP contribution is -2.30. The van der Waals surface area contributed by atoms with Crippen molar-refractivity contribution in [1.82, 2.24) is 10.3 Å². The Hall–Kier alpha value is -0.450. The molecule has 0 bridgehead atoms. The van der Waals surface area contributed by atoms with E-state index in [1.165, 1.54) is 6.42 Å². The largest absolute Gasteiger partial charge is 0.378 e. The van der Waals surface area contributed by atoms with Crippen molar-refractivity contribution in [2.75, 3.05) is 13.2 Å². The molecule has 1 aromatic heterocycles. The zero-order valence-corrected chi connectivity index (χ0v) is 10.8. The van der Waals surface area contributed by atoms with Crippen LogP contribution < -0.4 is 5.32 Å². The molecule has 0 amide bonds. The van der Waals surface area contributed by atoms with E-state index in [1.807, 2.05) is 5.51 Å². The molecule has 0 spiro atoms. The summed E-state index contributed by atoms with van der Waals surface area (Å²) in [6.07, 6.45) is 2.77. The molecule has 3 atom stereocenters. The fourth-order valence-electron chi connectivity index (χ4n) is 2.25. The first-order chi connectivity index (χ1) is 7.81. The Morgan fingerprint density at radius 3 is 3.25 bits per heavy atom. The number of thiazole rings is 1. The minimum atomic E-state index is 0.351. The highest BCUT2D eigenvalue weighted by atomic mass is 32.1. The molecular formula is C12H20N2OS. The molecule has 1 aliphatic heterocycles. The molecular weight excluding hydrogens is 220 g/mol. The molecule has 1 aromatic rings. The quantitative estimate of drug-likeness (QED) is 0.859. The molecule has 0 saturated carbocycles. The summed E-state index contributed by atoms with van der Waals surface area (Å²) in [5.41, 5.74) is 3.04. The number of rotatable bonds is 5. The van der Waals surface area contributed by atoms with Crippen molar-refractivity contribution in [3.63, 3.8) is 0 Å². The molecule has 2 heterocycles. The van der Waals surface area contributed by atoms with Gasteiger partial charge in [-0.2, -0.15) is 0 Å². The van der Waals surface area contributed by atoms with Gasteiger partial charge >= 0.3 is 0 Å². The van der Waals surface area contributed by atoms with E-state index in [-0.39, 0.29) is 0 Å². The number of hydrogen-bond donors (Lipinski definition) is 1. The standard InChI is InChI=1S/C12H20N2OS/c1-3-12-10(4-5-15-12)6-13-9(2)11-7-16-8-14-11/h7-10,12-13H,3-6H2,1-2H3. The molecule has 16 heavy (non-hydrogen) atoms. The lowest BCUT2D eigenvalue weighted by molar-refractivity contribution is 0.0867. The van der Waals surface area contributed by atoms with Crippen LogP contribution in [-0.2, 0) is 4.74 Å². The summed E-state index contributed by atoms with van der Waals surface area (Å²) >= 11 is 1.66. The lowest BCUT2D eigenvalue weighted by Gasteiger charge is -2.19. The maximum atomic E-state index is 5.68. The van der Waals surface area contributed by atoms with Crippen LogP contribution in [0.4, 0.5) is 0 Å². The van der Waals surface area contributed by atoms with Crippen LogP contribution in [0.25, 0.3) is 0 Å². The van der Waals surface area contributed by atoms with Crippen molar-refractivity contribution in [3.8, 4) is 0 Å². The van der Waals surface area contributed by atoms with Gasteiger partial charge in [-0.15, -0.1) is 11.3 Å². The van der Waals surface area contributed by atoms with E-state index < -0.39 is 0 Å². The second kappa shape index (κ2) is 5.75. The van der Waals surface area contributed by atoms with Gasteiger partial charge in [-0.1, -0.05) is 6.92 Å². The monoisotopic (exact) mass is 240 g/mol. The van der Waals surface area contributed by atoms with Crippen LogP contribution in [0.3, 0.4) is 0 Å². The van der Waals surface area contributed by atoms with Crippen molar-refractivity contribution in [2.45, 2.75) is 38.8 Å². The van der Waals surface area contributed by atoms with Gasteiger partial charge in [0.15, 0.2) is 0 Å². The van der Waals surface area contributed by atoms with E-state index in [0.717, 1.165) is 25.3 Å². The number of nitrogens with one attached hydrogen (secondary N) is 1. The zero-order chi connectivity index (χ0) is 11.4. The van der Waals surface area contributed by atoms with Crippen molar-refractivity contribution in [1.29, 1.82) is 0 Å². The summed E-state index contributed by atoms with van der Waals surface area (Å²) in [5.74, 6) is 0.672. The summed E-state index contributed by atoms with van der Waals surface area (Å²) in [7, 11) is 0. The van der Waals surface area contributed by atoms with Crippen molar-refractivity contribution >= 4 is 11.3 Å². The average Bonchev–Trinajstić information content (AvgIpc) is 2.96. The normalized spacial score (nSPS) is 27.1. The van der Waals surface area contributed by atoms with E-state index in [1.54, 1.807) is 11.3 Å². The second-order valence-corrected chi connectivity index (χ2v) is 5.13. The van der Waals surface area contributed by atoms with Gasteiger partial charge in [0.1, 0.15) is 0 Å². The number of hydrogen-bond acceptors (Lipinski definition) is 4. The lowest BCUT2D eigenvalue weighted by atomic mass is 9.99. The molecule has 1 fully saturated rings. The first kappa shape index (κ1) is 12.0. The number of aromatic nitrogens is 1. The number of nitrogens with zero attached hydrogens (tertiary/aromatic N) is 1. The Morgan fingerprint density at radius 1 is 1.69 bits per heavy atom. The summed E-state index contributed by atoms with van der Waals surface area (Å²) in [6.45, 7) is 6.34. The minimum Gasteiger partial charge on any atom is -0.378 e. The fourth-order valence-corrected chi connectivity index (χ4v) is 2.89. The Morgan fingerprint density at radius 2 is 2.56 bits per heavy atom. The van der Waals surface area contributed by atoms with E-state index in [2.05, 4.69) is 29.5 Å². The van der Waals surface area contributed by atoms with E-state index >= 15 is 0 Å². The van der Waals surface area contributed by atoms with Gasteiger partial charge in [-0.3, -0.25) is 0 Å². The predicted molar refractivity (Wildman–Crippen MR) is 66.7 cm³/mol. The van der Waals surface area contributed by atoms with E-state index in [0.29, 0.717) is 18.1 Å². The van der Waals surface area contributed by atoms with Gasteiger partial charge < -0.3 is 10.1 Å². The van der Waals surface area contributed by atoms with Crippen LogP contribution in [0, 0.1) is 5.92 Å². The number of ether oxygens (including phenoxy) is 1. The van der Waals surface area contributed by atoms with Crippen LogP contribution in [-0.4, -0.2) is 24.2 Å². The van der Waals surface area contributed by atoms with Gasteiger partial charge in [-0.25, -0.2) is 4.98 Å². The molecule has 1 N–H and O–H groups in total. The molecule has 0 aromatic carbocycles. The predicted octanol–water partition coefficient (Wildman–Crippen LogP) is 2.61. The molecule has 0 radical (unpaired) electrons. The van der Waals surface area contributed by atoms with Gasteiger partial charge in [0.2, 0.25) is 0 Å². The second-order valence-electron chi connectivity index (χ2n) is 4.41. The van der Waals surface area contributed by atoms with Crippen LogP contribution in [0.2, 0.25) is 0 Å². The molecule has 3 nitrogen and oxygen atoms in total. The first-order valence-electron chi connectivity index (χ1n) is 6.04. The fraction of sp³-hybridized carbons (Fsp3) is 0.750. The maximum absolute atomic E-state index is 5.68. The first-order valence-corrected chi connectivity index (χ1v) is 6.98. The van der Waals surface area contributed by atoms with Crippen LogP contribution in [0.5, 0.6) is 0 Å². The zero-order valence-electron chi connectivity index (χ0n) is 9.98. The van der Waals surface area contributed by atoms with Gasteiger partial charge in [-0.05, 0) is 25.7 Å². The highest BCUT2D eigenvalue weighted by molar-refractivity contribution is 7.07. The summed E-state index contributed by atoms with van der Waals surface area (Å²) < 4.78 is 5.68. The summed E-state index contributed by atoms with van der Waals surface area (Å²) in [5, 5.41) is 5.67. The van der Waals surface area contributed by atoms with E-state index in [9.17, 15) is 0 Å². The SMILES string of the molecule is CCC1OCCC1CNC(C)c1cscn1. The summed E-state index contributed by atoms with van der Waals surface area (Å²) in [6, 6.07) is 0.351. The van der Waals surface area contributed by atoms with Crippen molar-refractivity contribution < 1.29 is 4.74 Å². The van der Waals surface area contributed by atoms with Crippen molar-refractivity contribution in [3.05, 3.63) is 16.6 Å². The maximum Gasteiger partial charge on any atom is 0.0795 e. The van der Waals surface area contributed by atoms with E-state index in [4.69, 9.17) is 4.74 Å². The van der Waals surface area contributed by atoms with Gasteiger partial charge in [0.05, 0.1) is 17.3 Å². The van der Waals surface area contributed by atoms with Gasteiger partial charge in [0.25, 0.3) is 0 Å². The average molecular weight is 240 g/mol. The van der Waals surface area contributed by atoms with Crippen LogP contribution in [0.15, 0.2) is 10.9 Å². The minimum absolute atomic E-state index is 0.351. The third kappa shape index (κ3) is 2.81. The highest BCUT2D eigenvalue weighted by Gasteiger charge is 2.26. The third-order valence-corrected chi connectivity index (χ3v) is 3.93. The smallest absolute Gasteiger partial charge is 0.0795 e. The molecule has 4 heteroatoms. The van der Waals surface area contributed by atoms with Gasteiger partial charge in [0, 0.05) is 24.6 Å². The topological polar surface area (TPSA) is 34.1 Å². The highest BCUT2D eigenvalue weighted by Crippen LogP contribution is 2.23. The molecule has 1 saturated heterocycles. The molecule has 2 rings (SSSR count). The Kier molecular flexibility index (Phi) is 4.32. The van der Waals surface area contributed by atoms with Crippen LogP contribution in [0.1, 0.15) is 38.4 Å². The summed E-state index contributed by atoms with van der Waals surface area (Å²) in [4.78, 5) is 4.33. The molecule has 1 aliphatic rings. The van der Waals surface area contributed by atoms with Crippen LogP contribution >= 0.6 is 11.3 Å². The Labute approximate surface area is 101 Å². The third-order valence-electron chi connectivity index (χ3n) is 3.33. The molecule has 3 unspecified atom stereocenters. The molecule has 0 aliphatic carbocycles. The van der Waals surface area contributed by atoms with Crippen molar-refractivity contribution in [2.24, 2.45) is 5.92 Å². The molecule has 90 valence electrons.